The summed E-state index contributed by atoms with van der Waals surface area (Å²) in [4.78, 5) is 29.1. The number of non-ortho nitro benzene ring substituents is 1. The number of aromatic nitrogens is 2. The Hall–Kier alpha value is -3.79. The molecule has 10 heteroatoms. The van der Waals surface area contributed by atoms with Crippen molar-refractivity contribution in [3.8, 4) is 5.69 Å². The lowest BCUT2D eigenvalue weighted by Crippen LogP contribution is -2.31. The van der Waals surface area contributed by atoms with Crippen molar-refractivity contribution in [3.05, 3.63) is 88.5 Å². The van der Waals surface area contributed by atoms with Crippen molar-refractivity contribution in [2.75, 3.05) is 13.7 Å². The van der Waals surface area contributed by atoms with Gasteiger partial charge in [0.05, 0.1) is 35.5 Å². The maximum atomic E-state index is 11.6. The first-order chi connectivity index (χ1) is 16.0. The molecule has 0 unspecified atom stereocenters. The number of benzene rings is 1. The van der Waals surface area contributed by atoms with Crippen molar-refractivity contribution < 1.29 is 14.5 Å². The van der Waals surface area contributed by atoms with Gasteiger partial charge >= 0.3 is 5.97 Å². The van der Waals surface area contributed by atoms with Gasteiger partial charge in [0.25, 0.3) is 5.69 Å². The number of esters is 1. The molecule has 0 saturated carbocycles. The minimum atomic E-state index is -0.408. The molecule has 4 rings (SSSR count). The number of methoxy groups -OCH3 is 1. The fraction of sp³-hybridized carbons (Fsp3) is 0.261. The number of carbonyl (C=O) groups excluding carboxylic acids is 1. The normalized spacial score (nSPS) is 17.6. The number of pyridine rings is 1. The van der Waals surface area contributed by atoms with Crippen molar-refractivity contribution in [1.82, 2.24) is 19.8 Å². The van der Waals surface area contributed by atoms with E-state index in [1.807, 2.05) is 52.1 Å². The topological polar surface area (TPSA) is 103 Å². The lowest BCUT2D eigenvalue weighted by atomic mass is 10.0. The number of carbonyl (C=O) groups is 1. The van der Waals surface area contributed by atoms with Gasteiger partial charge in [0.2, 0.25) is 0 Å². The van der Waals surface area contributed by atoms with E-state index in [0.717, 1.165) is 11.4 Å². The van der Waals surface area contributed by atoms with Crippen molar-refractivity contribution >= 4 is 29.0 Å². The summed E-state index contributed by atoms with van der Waals surface area (Å²) in [7, 11) is 1.37. The highest BCUT2D eigenvalue weighted by atomic mass is 32.1. The predicted molar refractivity (Wildman–Crippen MR) is 126 cm³/mol. The predicted octanol–water partition coefficient (Wildman–Crippen LogP) is 3.71. The molecule has 1 fully saturated rings. The van der Waals surface area contributed by atoms with Crippen molar-refractivity contribution in [2.24, 2.45) is 0 Å². The Labute approximate surface area is 196 Å². The van der Waals surface area contributed by atoms with Gasteiger partial charge in [0.15, 0.2) is 5.11 Å². The Morgan fingerprint density at radius 3 is 2.82 bits per heavy atom. The molecule has 1 N–H and O–H groups in total. The number of nitro benzene ring substituents is 1. The first-order valence-electron chi connectivity index (χ1n) is 10.5. The molecule has 0 aliphatic carbocycles. The highest BCUT2D eigenvalue weighted by Crippen LogP contribution is 2.39. The fourth-order valence-electron chi connectivity index (χ4n) is 4.09. The standard InChI is InChI=1S/C23H23N5O4S/c1-32-20(29)11-6-14-27-22(21(25-23(27)33)18-9-2-3-12-24-18)19-10-5-13-26(19)16-7-4-8-17(15-16)28(30)31/h2-5,7-10,12-13,15,21-22H,6,11,14H2,1H3,(H,25,33)/t21-,22+/m1/s1. The van der Waals surface area contributed by atoms with E-state index in [4.69, 9.17) is 17.0 Å². The second-order valence-electron chi connectivity index (χ2n) is 7.58. The molecule has 0 radical (unpaired) electrons. The van der Waals surface area contributed by atoms with Gasteiger partial charge < -0.3 is 19.5 Å². The molecule has 0 amide bonds. The number of nitrogens with zero attached hydrogens (tertiary/aromatic N) is 4. The molecule has 170 valence electrons. The molecule has 1 aliphatic rings. The molecule has 33 heavy (non-hydrogen) atoms. The van der Waals surface area contributed by atoms with Gasteiger partial charge in [-0.2, -0.15) is 0 Å². The zero-order valence-electron chi connectivity index (χ0n) is 18.0. The van der Waals surface area contributed by atoms with Gasteiger partial charge in [-0.25, -0.2) is 0 Å². The monoisotopic (exact) mass is 465 g/mol. The van der Waals surface area contributed by atoms with E-state index in [2.05, 4.69) is 10.3 Å². The minimum absolute atomic E-state index is 0.0171. The number of thiocarbonyl (C=S) groups is 1. The first kappa shape index (κ1) is 22.4. The van der Waals surface area contributed by atoms with Gasteiger partial charge in [-0.05, 0) is 49.0 Å². The largest absolute Gasteiger partial charge is 0.469 e. The van der Waals surface area contributed by atoms with E-state index in [9.17, 15) is 14.9 Å². The number of hydrogen-bond donors (Lipinski definition) is 1. The molecule has 1 aliphatic heterocycles. The van der Waals surface area contributed by atoms with E-state index >= 15 is 0 Å². The molecule has 0 bridgehead atoms. The highest BCUT2D eigenvalue weighted by Gasteiger charge is 2.41. The highest BCUT2D eigenvalue weighted by molar-refractivity contribution is 7.80. The van der Waals surface area contributed by atoms with Crippen LogP contribution < -0.4 is 5.32 Å². The van der Waals surface area contributed by atoms with Crippen molar-refractivity contribution in [2.45, 2.75) is 24.9 Å². The molecular formula is C23H23N5O4S. The van der Waals surface area contributed by atoms with Crippen LogP contribution in [0.4, 0.5) is 5.69 Å². The molecule has 2 atom stereocenters. The summed E-state index contributed by atoms with van der Waals surface area (Å²) in [6.07, 6.45) is 4.45. The Bertz CT molecular complexity index is 1170. The van der Waals surface area contributed by atoms with Crippen LogP contribution in [0.1, 0.15) is 36.3 Å². The summed E-state index contributed by atoms with van der Waals surface area (Å²) in [6, 6.07) is 15.6. The van der Waals surface area contributed by atoms with Crippen LogP contribution in [0, 0.1) is 10.1 Å². The third-order valence-corrected chi connectivity index (χ3v) is 5.96. The van der Waals surface area contributed by atoms with Gasteiger partial charge in [-0.3, -0.25) is 19.9 Å². The number of ether oxygens (including phenoxy) is 1. The summed E-state index contributed by atoms with van der Waals surface area (Å²) in [6.45, 7) is 0.537. The van der Waals surface area contributed by atoms with E-state index in [-0.39, 0.29) is 30.2 Å². The molecule has 1 aromatic carbocycles. The summed E-state index contributed by atoms with van der Waals surface area (Å²) in [5, 5.41) is 15.2. The quantitative estimate of drug-likeness (QED) is 0.232. The summed E-state index contributed by atoms with van der Waals surface area (Å²) >= 11 is 5.66. The second kappa shape index (κ2) is 9.78. The van der Waals surface area contributed by atoms with Crippen LogP contribution in [0.3, 0.4) is 0 Å². The minimum Gasteiger partial charge on any atom is -0.469 e. The van der Waals surface area contributed by atoms with E-state index in [0.29, 0.717) is 23.8 Å². The van der Waals surface area contributed by atoms with Crippen LogP contribution in [0.25, 0.3) is 5.69 Å². The van der Waals surface area contributed by atoms with Crippen molar-refractivity contribution in [1.29, 1.82) is 0 Å². The molecule has 9 nitrogen and oxygen atoms in total. The molecule has 2 aromatic heterocycles. The van der Waals surface area contributed by atoms with Gasteiger partial charge in [-0.1, -0.05) is 12.1 Å². The van der Waals surface area contributed by atoms with Gasteiger partial charge in [-0.15, -0.1) is 0 Å². The van der Waals surface area contributed by atoms with Crippen LogP contribution >= 0.6 is 12.2 Å². The number of nitrogens with one attached hydrogen (secondary N) is 1. The molecule has 0 spiro atoms. The summed E-state index contributed by atoms with van der Waals surface area (Å²) < 4.78 is 6.69. The van der Waals surface area contributed by atoms with Crippen LogP contribution in [0.5, 0.6) is 0 Å². The molecule has 1 saturated heterocycles. The number of rotatable bonds is 8. The SMILES string of the molecule is COC(=O)CCCN1C(=S)N[C@H](c2ccccn2)[C@@H]1c1cccn1-c1cccc([N+](=O)[O-])c1. The Kier molecular flexibility index (Phi) is 6.64. The third kappa shape index (κ3) is 4.70. The van der Waals surface area contributed by atoms with Crippen LogP contribution in [-0.4, -0.2) is 44.1 Å². The molecule has 3 aromatic rings. The lowest BCUT2D eigenvalue weighted by Gasteiger charge is -2.29. The Balaban J connectivity index is 1.73. The average molecular weight is 466 g/mol. The number of nitro groups is 1. The fourth-order valence-corrected chi connectivity index (χ4v) is 4.42. The van der Waals surface area contributed by atoms with E-state index < -0.39 is 4.92 Å². The van der Waals surface area contributed by atoms with E-state index in [1.165, 1.54) is 13.2 Å². The van der Waals surface area contributed by atoms with Gasteiger partial charge in [0.1, 0.15) is 0 Å². The van der Waals surface area contributed by atoms with E-state index in [1.54, 1.807) is 18.3 Å². The maximum Gasteiger partial charge on any atom is 0.305 e. The van der Waals surface area contributed by atoms with Gasteiger partial charge in [0, 0.05) is 43.2 Å². The smallest absolute Gasteiger partial charge is 0.305 e. The molecule has 3 heterocycles. The second-order valence-corrected chi connectivity index (χ2v) is 7.97. The Morgan fingerprint density at radius 1 is 1.24 bits per heavy atom. The lowest BCUT2D eigenvalue weighted by molar-refractivity contribution is -0.384. The maximum absolute atomic E-state index is 11.6. The average Bonchev–Trinajstić information content (AvgIpc) is 3.44. The van der Waals surface area contributed by atoms with Crippen LogP contribution in [0.2, 0.25) is 0 Å². The Morgan fingerprint density at radius 2 is 2.09 bits per heavy atom. The van der Waals surface area contributed by atoms with Crippen LogP contribution in [0.15, 0.2) is 67.0 Å². The van der Waals surface area contributed by atoms with Crippen LogP contribution in [-0.2, 0) is 9.53 Å². The first-order valence-corrected chi connectivity index (χ1v) is 10.9. The summed E-state index contributed by atoms with van der Waals surface area (Å²) in [5.41, 5.74) is 2.42. The molecular weight excluding hydrogens is 442 g/mol. The third-order valence-electron chi connectivity index (χ3n) is 5.61. The zero-order valence-corrected chi connectivity index (χ0v) is 18.8. The number of hydrogen-bond acceptors (Lipinski definition) is 6. The summed E-state index contributed by atoms with van der Waals surface area (Å²) in [5.74, 6) is -0.272. The van der Waals surface area contributed by atoms with Crippen molar-refractivity contribution in [3.63, 3.8) is 0 Å². The zero-order chi connectivity index (χ0) is 23.4.